The fraction of sp³-hybridized carbons (Fsp3) is 0.444. The molecule has 0 radical (unpaired) electrons. The fourth-order valence-corrected chi connectivity index (χ4v) is 1.95. The van der Waals surface area contributed by atoms with Crippen molar-refractivity contribution in [3.05, 3.63) is 27.2 Å². The molecule has 3 heterocycles. The van der Waals surface area contributed by atoms with E-state index in [1.807, 2.05) is 0 Å². The first kappa shape index (κ1) is 9.34. The highest BCUT2D eigenvalue weighted by Crippen LogP contribution is 2.19. The van der Waals surface area contributed by atoms with Gasteiger partial charge in [-0.3, -0.25) is 9.78 Å². The molecule has 7 nitrogen and oxygen atoms in total. The molecule has 84 valence electrons. The van der Waals surface area contributed by atoms with Gasteiger partial charge in [0, 0.05) is 6.61 Å². The third kappa shape index (κ3) is 1.21. The van der Waals surface area contributed by atoms with Crippen molar-refractivity contribution in [2.24, 2.45) is 0 Å². The number of nitrogens with one attached hydrogen (secondary N) is 2. The molecule has 0 amide bonds. The molecule has 1 aliphatic rings. The van der Waals surface area contributed by atoms with E-state index in [2.05, 4.69) is 15.0 Å². The van der Waals surface area contributed by atoms with Crippen molar-refractivity contribution in [3.8, 4) is 0 Å². The third-order valence-electron chi connectivity index (χ3n) is 2.71. The highest BCUT2D eigenvalue weighted by Gasteiger charge is 2.22. The van der Waals surface area contributed by atoms with Gasteiger partial charge in [0.15, 0.2) is 5.65 Å². The van der Waals surface area contributed by atoms with Crippen LogP contribution in [0.1, 0.15) is 19.1 Å². The summed E-state index contributed by atoms with van der Waals surface area (Å²) < 4.78 is 6.44. The zero-order chi connectivity index (χ0) is 11.1. The van der Waals surface area contributed by atoms with Crippen LogP contribution in [0.4, 0.5) is 0 Å². The predicted octanol–water partition coefficient (Wildman–Crippen LogP) is -0.278. The normalized spacial score (nSPS) is 20.6. The van der Waals surface area contributed by atoms with Crippen LogP contribution in [0.3, 0.4) is 0 Å². The maximum absolute atomic E-state index is 12.0. The van der Waals surface area contributed by atoms with Crippen LogP contribution >= 0.6 is 0 Å². The van der Waals surface area contributed by atoms with E-state index in [1.165, 1.54) is 6.33 Å². The molecule has 3 rings (SSSR count). The Balaban J connectivity index is 2.30. The topological polar surface area (TPSA) is 92.8 Å². The van der Waals surface area contributed by atoms with Gasteiger partial charge < -0.3 is 9.72 Å². The summed E-state index contributed by atoms with van der Waals surface area (Å²) in [5.74, 6) is 0. The van der Waals surface area contributed by atoms with Crippen molar-refractivity contribution in [3.63, 3.8) is 0 Å². The number of hydrogen-bond donors (Lipinski definition) is 2. The zero-order valence-electron chi connectivity index (χ0n) is 8.40. The maximum Gasteiger partial charge on any atom is 0.332 e. The van der Waals surface area contributed by atoms with Crippen molar-refractivity contribution in [2.45, 2.75) is 19.1 Å². The SMILES string of the molecule is O=c1[nH]c2nc[nH]c2c(=O)n1C1CCCO1. The monoisotopic (exact) mass is 222 g/mol. The van der Waals surface area contributed by atoms with Crippen molar-refractivity contribution in [1.82, 2.24) is 19.5 Å². The lowest BCUT2D eigenvalue weighted by atomic mass is 10.3. The zero-order valence-corrected chi connectivity index (χ0v) is 8.40. The molecule has 0 bridgehead atoms. The van der Waals surface area contributed by atoms with Gasteiger partial charge in [0.1, 0.15) is 11.7 Å². The highest BCUT2D eigenvalue weighted by atomic mass is 16.5. The fourth-order valence-electron chi connectivity index (χ4n) is 1.95. The van der Waals surface area contributed by atoms with E-state index in [0.717, 1.165) is 11.0 Å². The van der Waals surface area contributed by atoms with Gasteiger partial charge in [-0.2, -0.15) is 0 Å². The second-order valence-electron chi connectivity index (χ2n) is 3.70. The Morgan fingerprint density at radius 1 is 1.50 bits per heavy atom. The summed E-state index contributed by atoms with van der Waals surface area (Å²) in [7, 11) is 0. The predicted molar refractivity (Wildman–Crippen MR) is 55.2 cm³/mol. The average Bonchev–Trinajstić information content (AvgIpc) is 2.87. The molecule has 0 aliphatic carbocycles. The summed E-state index contributed by atoms with van der Waals surface area (Å²) in [5, 5.41) is 0. The van der Waals surface area contributed by atoms with Crippen molar-refractivity contribution >= 4 is 11.2 Å². The Kier molecular flexibility index (Phi) is 1.93. The van der Waals surface area contributed by atoms with Crippen molar-refractivity contribution in [1.29, 1.82) is 0 Å². The molecule has 2 aromatic rings. The highest BCUT2D eigenvalue weighted by molar-refractivity contribution is 5.67. The number of aromatic nitrogens is 4. The lowest BCUT2D eigenvalue weighted by molar-refractivity contribution is 0.0507. The van der Waals surface area contributed by atoms with E-state index < -0.39 is 11.9 Å². The molecule has 1 aliphatic heterocycles. The molecule has 1 fully saturated rings. The molecule has 0 spiro atoms. The molecule has 7 heteroatoms. The molecule has 2 N–H and O–H groups in total. The number of ether oxygens (including phenoxy) is 1. The Morgan fingerprint density at radius 3 is 3.12 bits per heavy atom. The molecule has 0 saturated carbocycles. The molecular formula is C9H10N4O3. The van der Waals surface area contributed by atoms with Crippen molar-refractivity contribution < 1.29 is 4.74 Å². The van der Waals surface area contributed by atoms with E-state index in [9.17, 15) is 9.59 Å². The minimum atomic E-state index is -0.475. The summed E-state index contributed by atoms with van der Waals surface area (Å²) in [6, 6.07) is 0. The van der Waals surface area contributed by atoms with E-state index >= 15 is 0 Å². The van der Waals surface area contributed by atoms with Gasteiger partial charge >= 0.3 is 5.69 Å². The van der Waals surface area contributed by atoms with Crippen LogP contribution in [0.15, 0.2) is 15.9 Å². The molecule has 2 aromatic heterocycles. The van der Waals surface area contributed by atoms with Crippen LogP contribution in [0.5, 0.6) is 0 Å². The number of hydrogen-bond acceptors (Lipinski definition) is 4. The van der Waals surface area contributed by atoms with Crippen LogP contribution in [0, 0.1) is 0 Å². The molecule has 1 unspecified atom stereocenters. The maximum atomic E-state index is 12.0. The van der Waals surface area contributed by atoms with Gasteiger partial charge in [0.05, 0.1) is 6.33 Å². The van der Waals surface area contributed by atoms with Gasteiger partial charge in [-0.05, 0) is 12.8 Å². The van der Waals surface area contributed by atoms with Gasteiger partial charge in [-0.25, -0.2) is 14.3 Å². The second kappa shape index (κ2) is 3.31. The number of nitrogens with zero attached hydrogens (tertiary/aromatic N) is 2. The van der Waals surface area contributed by atoms with Crippen LogP contribution in [-0.2, 0) is 4.74 Å². The number of imidazole rings is 1. The summed E-state index contributed by atoms with van der Waals surface area (Å²) in [4.78, 5) is 32.8. The van der Waals surface area contributed by atoms with Crippen LogP contribution in [-0.4, -0.2) is 26.1 Å². The van der Waals surface area contributed by atoms with Crippen LogP contribution in [0.2, 0.25) is 0 Å². The quantitative estimate of drug-likeness (QED) is 0.694. The van der Waals surface area contributed by atoms with Gasteiger partial charge in [0.25, 0.3) is 5.56 Å². The Labute approximate surface area is 89.1 Å². The lowest BCUT2D eigenvalue weighted by Crippen LogP contribution is -2.37. The average molecular weight is 222 g/mol. The van der Waals surface area contributed by atoms with Crippen LogP contribution in [0.25, 0.3) is 11.2 Å². The summed E-state index contributed by atoms with van der Waals surface area (Å²) >= 11 is 0. The molecule has 1 atom stereocenters. The lowest BCUT2D eigenvalue weighted by Gasteiger charge is -2.10. The van der Waals surface area contributed by atoms with Crippen LogP contribution < -0.4 is 11.2 Å². The smallest absolute Gasteiger partial charge is 0.332 e. The number of aromatic amines is 2. The summed E-state index contributed by atoms with van der Waals surface area (Å²) in [5.41, 5.74) is -0.279. The first-order valence-electron chi connectivity index (χ1n) is 5.07. The van der Waals surface area contributed by atoms with Gasteiger partial charge in [-0.15, -0.1) is 0 Å². The Hall–Kier alpha value is -1.89. The van der Waals surface area contributed by atoms with E-state index in [1.54, 1.807) is 0 Å². The van der Waals surface area contributed by atoms with Gasteiger partial charge in [-0.1, -0.05) is 0 Å². The van der Waals surface area contributed by atoms with E-state index in [4.69, 9.17) is 4.74 Å². The minimum absolute atomic E-state index is 0.282. The minimum Gasteiger partial charge on any atom is -0.358 e. The Bertz CT molecular complexity index is 632. The summed E-state index contributed by atoms with van der Waals surface area (Å²) in [6.45, 7) is 0.581. The van der Waals surface area contributed by atoms with E-state index in [-0.39, 0.29) is 11.2 Å². The molecule has 1 saturated heterocycles. The number of H-pyrrole nitrogens is 2. The second-order valence-corrected chi connectivity index (χ2v) is 3.70. The standard InChI is InChI=1S/C9H10N4O3/c14-8-6-7(11-4-10-6)12-9(15)13(8)5-2-1-3-16-5/h4-5H,1-3H2,(H,10,11)(H,12,15). The third-order valence-corrected chi connectivity index (χ3v) is 2.71. The van der Waals surface area contributed by atoms with Crippen molar-refractivity contribution in [2.75, 3.05) is 6.61 Å². The first-order chi connectivity index (χ1) is 7.77. The molecular weight excluding hydrogens is 212 g/mol. The number of fused-ring (bicyclic) bond motifs is 1. The van der Waals surface area contributed by atoms with E-state index in [0.29, 0.717) is 18.5 Å². The largest absolute Gasteiger partial charge is 0.358 e. The molecule has 0 aromatic carbocycles. The molecule has 16 heavy (non-hydrogen) atoms. The summed E-state index contributed by atoms with van der Waals surface area (Å²) in [6.07, 6.45) is 2.46. The first-order valence-corrected chi connectivity index (χ1v) is 5.07. The Morgan fingerprint density at radius 2 is 2.38 bits per heavy atom. The number of rotatable bonds is 1. The van der Waals surface area contributed by atoms with Gasteiger partial charge in [0.2, 0.25) is 0 Å².